The highest BCUT2D eigenvalue weighted by atomic mass is 16.5. The van der Waals surface area contributed by atoms with E-state index in [2.05, 4.69) is 0 Å². The lowest BCUT2D eigenvalue weighted by Gasteiger charge is -2.08. The van der Waals surface area contributed by atoms with Crippen molar-refractivity contribution in [3.8, 4) is 0 Å². The van der Waals surface area contributed by atoms with Gasteiger partial charge < -0.3 is 4.74 Å². The van der Waals surface area contributed by atoms with E-state index in [1.165, 1.54) is 6.08 Å². The van der Waals surface area contributed by atoms with Crippen molar-refractivity contribution in [3.05, 3.63) is 114 Å². The molecule has 0 spiro atoms. The first-order chi connectivity index (χ1) is 12.3. The molecule has 0 aliphatic rings. The predicted octanol–water partition coefficient (Wildman–Crippen LogP) is 5.44. The summed E-state index contributed by atoms with van der Waals surface area (Å²) in [5.74, 6) is 0.115. The first-order valence-electron chi connectivity index (χ1n) is 8.08. The van der Waals surface area contributed by atoms with E-state index >= 15 is 0 Å². The van der Waals surface area contributed by atoms with E-state index < -0.39 is 5.97 Å². The van der Waals surface area contributed by atoms with Crippen LogP contribution >= 0.6 is 0 Å². The molecule has 0 atom stereocenters. The fourth-order valence-corrected chi connectivity index (χ4v) is 2.35. The molecule has 0 unspecified atom stereocenters. The summed E-state index contributed by atoms with van der Waals surface area (Å²) in [5.41, 5.74) is 2.78. The Kier molecular flexibility index (Phi) is 5.57. The lowest BCUT2D eigenvalue weighted by Crippen LogP contribution is -2.00. The van der Waals surface area contributed by atoms with Crippen molar-refractivity contribution in [1.82, 2.24) is 0 Å². The standard InChI is InChI=1S/C23H18O2/c24-23(17-16-19-10-4-1-5-11-19)25-22(21-14-8-3-9-15-21)18-20-12-6-2-7-13-20/h1-18H. The van der Waals surface area contributed by atoms with Crippen molar-refractivity contribution in [2.24, 2.45) is 0 Å². The zero-order chi connectivity index (χ0) is 17.3. The van der Waals surface area contributed by atoms with E-state index in [-0.39, 0.29) is 0 Å². The third-order valence-electron chi connectivity index (χ3n) is 3.58. The largest absolute Gasteiger partial charge is 0.423 e. The molecule has 0 aromatic heterocycles. The fourth-order valence-electron chi connectivity index (χ4n) is 2.35. The minimum atomic E-state index is -0.408. The average molecular weight is 326 g/mol. The van der Waals surface area contributed by atoms with Gasteiger partial charge in [-0.25, -0.2) is 4.79 Å². The molecule has 25 heavy (non-hydrogen) atoms. The van der Waals surface area contributed by atoms with E-state index in [1.807, 2.05) is 97.1 Å². The first-order valence-corrected chi connectivity index (χ1v) is 8.08. The van der Waals surface area contributed by atoms with Gasteiger partial charge >= 0.3 is 5.97 Å². The van der Waals surface area contributed by atoms with E-state index in [0.717, 1.165) is 16.7 Å². The third kappa shape index (κ3) is 5.05. The van der Waals surface area contributed by atoms with Gasteiger partial charge in [0.25, 0.3) is 0 Å². The van der Waals surface area contributed by atoms with Gasteiger partial charge in [-0.15, -0.1) is 0 Å². The van der Waals surface area contributed by atoms with E-state index in [4.69, 9.17) is 4.74 Å². The van der Waals surface area contributed by atoms with Crippen molar-refractivity contribution < 1.29 is 9.53 Å². The summed E-state index contributed by atoms with van der Waals surface area (Å²) >= 11 is 0. The normalized spacial score (nSPS) is 11.4. The Morgan fingerprint density at radius 2 is 1.20 bits per heavy atom. The second-order valence-electron chi connectivity index (χ2n) is 5.45. The van der Waals surface area contributed by atoms with Gasteiger partial charge in [0.1, 0.15) is 5.76 Å². The Labute approximate surface area is 147 Å². The quantitative estimate of drug-likeness (QED) is 0.270. The van der Waals surface area contributed by atoms with Crippen LogP contribution in [0.2, 0.25) is 0 Å². The number of benzene rings is 3. The zero-order valence-electron chi connectivity index (χ0n) is 13.7. The molecule has 0 heterocycles. The summed E-state index contributed by atoms with van der Waals surface area (Å²) < 4.78 is 5.60. The van der Waals surface area contributed by atoms with Crippen LogP contribution in [-0.4, -0.2) is 5.97 Å². The van der Waals surface area contributed by atoms with Gasteiger partial charge in [-0.3, -0.25) is 0 Å². The van der Waals surface area contributed by atoms with Crippen molar-refractivity contribution in [1.29, 1.82) is 0 Å². The maximum atomic E-state index is 12.2. The Hall–Kier alpha value is -3.39. The molecule has 122 valence electrons. The van der Waals surface area contributed by atoms with Crippen LogP contribution in [0.15, 0.2) is 97.1 Å². The Bertz CT molecular complexity index is 864. The monoisotopic (exact) mass is 326 g/mol. The maximum absolute atomic E-state index is 12.2. The molecule has 3 rings (SSSR count). The number of hydrogen-bond acceptors (Lipinski definition) is 2. The SMILES string of the molecule is O=C(C=Cc1ccccc1)OC(=Cc1ccccc1)c1ccccc1. The molecule has 0 aliphatic heterocycles. The summed E-state index contributed by atoms with van der Waals surface area (Å²) in [6.07, 6.45) is 5.05. The lowest BCUT2D eigenvalue weighted by atomic mass is 10.1. The van der Waals surface area contributed by atoms with Crippen molar-refractivity contribution in [2.75, 3.05) is 0 Å². The first kappa shape index (κ1) is 16.5. The van der Waals surface area contributed by atoms with Gasteiger partial charge in [-0.05, 0) is 23.3 Å². The van der Waals surface area contributed by atoms with Gasteiger partial charge in [0.2, 0.25) is 0 Å². The predicted molar refractivity (Wildman–Crippen MR) is 102 cm³/mol. The van der Waals surface area contributed by atoms with Gasteiger partial charge in [0, 0.05) is 11.6 Å². The van der Waals surface area contributed by atoms with Crippen LogP contribution in [0, 0.1) is 0 Å². The highest BCUT2D eigenvalue weighted by Gasteiger charge is 2.07. The second kappa shape index (κ2) is 8.46. The Morgan fingerprint density at radius 3 is 1.80 bits per heavy atom. The van der Waals surface area contributed by atoms with Crippen LogP contribution in [0.4, 0.5) is 0 Å². The summed E-state index contributed by atoms with van der Waals surface area (Å²) in [4.78, 5) is 12.2. The topological polar surface area (TPSA) is 26.3 Å². The Morgan fingerprint density at radius 1 is 0.680 bits per heavy atom. The van der Waals surface area contributed by atoms with E-state index in [1.54, 1.807) is 6.08 Å². The van der Waals surface area contributed by atoms with Gasteiger partial charge in [0.15, 0.2) is 0 Å². The van der Waals surface area contributed by atoms with E-state index in [0.29, 0.717) is 5.76 Å². The van der Waals surface area contributed by atoms with Crippen molar-refractivity contribution >= 4 is 23.9 Å². The molecule has 0 N–H and O–H groups in total. The molecule has 3 aromatic carbocycles. The second-order valence-corrected chi connectivity index (χ2v) is 5.45. The highest BCUT2D eigenvalue weighted by Crippen LogP contribution is 2.20. The molecule has 2 nitrogen and oxygen atoms in total. The summed E-state index contributed by atoms with van der Waals surface area (Å²) in [6.45, 7) is 0. The van der Waals surface area contributed by atoms with Gasteiger partial charge in [-0.2, -0.15) is 0 Å². The number of ether oxygens (including phenoxy) is 1. The molecule has 0 bridgehead atoms. The van der Waals surface area contributed by atoms with Crippen LogP contribution in [0.25, 0.3) is 17.9 Å². The van der Waals surface area contributed by atoms with Gasteiger partial charge in [0.05, 0.1) is 0 Å². The molecule has 0 radical (unpaired) electrons. The fraction of sp³-hybridized carbons (Fsp3) is 0. The number of rotatable bonds is 5. The molecule has 0 fully saturated rings. The minimum Gasteiger partial charge on any atom is -0.423 e. The number of carbonyl (C=O) groups excluding carboxylic acids is 1. The molecule has 0 aliphatic carbocycles. The number of esters is 1. The molecular weight excluding hydrogens is 308 g/mol. The number of hydrogen-bond donors (Lipinski definition) is 0. The average Bonchev–Trinajstić information content (AvgIpc) is 2.68. The minimum absolute atomic E-state index is 0.408. The van der Waals surface area contributed by atoms with Crippen LogP contribution < -0.4 is 0 Å². The molecule has 3 aromatic rings. The Balaban J connectivity index is 1.82. The highest BCUT2D eigenvalue weighted by molar-refractivity contribution is 5.93. The molecule has 0 amide bonds. The van der Waals surface area contributed by atoms with Crippen molar-refractivity contribution in [2.45, 2.75) is 0 Å². The molecule has 2 heteroatoms. The summed E-state index contributed by atoms with van der Waals surface area (Å²) in [7, 11) is 0. The zero-order valence-corrected chi connectivity index (χ0v) is 13.7. The summed E-state index contributed by atoms with van der Waals surface area (Å²) in [5, 5.41) is 0. The summed E-state index contributed by atoms with van der Waals surface area (Å²) in [6, 6.07) is 29.1. The molecular formula is C23H18O2. The van der Waals surface area contributed by atoms with Crippen LogP contribution in [0.3, 0.4) is 0 Å². The van der Waals surface area contributed by atoms with Crippen LogP contribution in [0.1, 0.15) is 16.7 Å². The molecule has 0 saturated carbocycles. The number of carbonyl (C=O) groups is 1. The maximum Gasteiger partial charge on any atom is 0.336 e. The van der Waals surface area contributed by atoms with Crippen LogP contribution in [-0.2, 0) is 9.53 Å². The smallest absolute Gasteiger partial charge is 0.336 e. The van der Waals surface area contributed by atoms with E-state index in [9.17, 15) is 4.79 Å². The lowest BCUT2D eigenvalue weighted by molar-refractivity contribution is -0.131. The van der Waals surface area contributed by atoms with Gasteiger partial charge in [-0.1, -0.05) is 91.0 Å². The third-order valence-corrected chi connectivity index (χ3v) is 3.58. The molecule has 0 saturated heterocycles. The van der Waals surface area contributed by atoms with Crippen molar-refractivity contribution in [3.63, 3.8) is 0 Å². The van der Waals surface area contributed by atoms with Crippen LogP contribution in [0.5, 0.6) is 0 Å².